The fraction of sp³-hybridized carbons (Fsp3) is 0.636. The summed E-state index contributed by atoms with van der Waals surface area (Å²) in [4.78, 5) is 17.1. The number of nitrogens with one attached hydrogen (secondary N) is 1. The highest BCUT2D eigenvalue weighted by atomic mass is 32.1. The van der Waals surface area contributed by atoms with Crippen molar-refractivity contribution in [2.45, 2.75) is 25.8 Å². The molecule has 0 radical (unpaired) electrons. The Bertz CT molecular complexity index is 388. The van der Waals surface area contributed by atoms with E-state index in [1.54, 1.807) is 6.20 Å². The van der Waals surface area contributed by atoms with Crippen molar-refractivity contribution in [2.24, 2.45) is 11.7 Å². The van der Waals surface area contributed by atoms with E-state index >= 15 is 0 Å². The maximum Gasteiger partial charge on any atom is 0.243 e. The van der Waals surface area contributed by atoms with Crippen LogP contribution in [0.4, 0.5) is 5.13 Å². The second-order valence-electron chi connectivity index (χ2n) is 4.24. The maximum atomic E-state index is 11.9. The van der Waals surface area contributed by atoms with E-state index in [0.717, 1.165) is 17.7 Å². The molecular formula is C11H17N3O2S. The Hall–Kier alpha value is -0.980. The van der Waals surface area contributed by atoms with Gasteiger partial charge in [0.05, 0.1) is 6.04 Å². The van der Waals surface area contributed by atoms with Gasteiger partial charge in [-0.05, 0) is 25.7 Å². The average molecular weight is 255 g/mol. The maximum absolute atomic E-state index is 11.9. The Balaban J connectivity index is 1.90. The first-order valence-electron chi connectivity index (χ1n) is 5.73. The molecule has 1 aromatic rings. The first kappa shape index (κ1) is 12.5. The number of anilines is 1. The van der Waals surface area contributed by atoms with Crippen molar-refractivity contribution in [3.63, 3.8) is 0 Å². The molecule has 94 valence electrons. The number of nitrogens with zero attached hydrogens (tertiary/aromatic N) is 1. The number of carbonyl (C=O) groups excluding carboxylic acids is 1. The topological polar surface area (TPSA) is 77.2 Å². The van der Waals surface area contributed by atoms with Gasteiger partial charge in [0.2, 0.25) is 5.91 Å². The van der Waals surface area contributed by atoms with Gasteiger partial charge in [0.15, 0.2) is 5.13 Å². The van der Waals surface area contributed by atoms with Crippen LogP contribution >= 0.6 is 11.3 Å². The Morgan fingerprint density at radius 3 is 2.94 bits per heavy atom. The van der Waals surface area contributed by atoms with E-state index in [1.165, 1.54) is 11.3 Å². The molecule has 1 atom stereocenters. The summed E-state index contributed by atoms with van der Waals surface area (Å²) in [5, 5.41) is 3.38. The number of hydrogen-bond donors (Lipinski definition) is 2. The van der Waals surface area contributed by atoms with Gasteiger partial charge in [0, 0.05) is 24.3 Å². The normalized spacial score (nSPS) is 18.9. The highest BCUT2D eigenvalue weighted by Crippen LogP contribution is 2.20. The van der Waals surface area contributed by atoms with Gasteiger partial charge in [-0.15, -0.1) is 11.3 Å². The molecule has 0 saturated carbocycles. The van der Waals surface area contributed by atoms with Crippen molar-refractivity contribution in [1.29, 1.82) is 0 Å². The molecule has 0 aromatic carbocycles. The smallest absolute Gasteiger partial charge is 0.243 e. The third-order valence-corrected chi connectivity index (χ3v) is 3.76. The number of carbonyl (C=O) groups is 1. The van der Waals surface area contributed by atoms with Crippen LogP contribution in [0.3, 0.4) is 0 Å². The molecule has 1 amide bonds. The van der Waals surface area contributed by atoms with Gasteiger partial charge in [0.25, 0.3) is 0 Å². The molecule has 0 bridgehead atoms. The lowest BCUT2D eigenvalue weighted by atomic mass is 9.92. The molecule has 0 aliphatic carbocycles. The van der Waals surface area contributed by atoms with Gasteiger partial charge in [-0.1, -0.05) is 0 Å². The zero-order valence-electron chi connectivity index (χ0n) is 9.81. The van der Waals surface area contributed by atoms with Gasteiger partial charge in [-0.25, -0.2) is 4.98 Å². The van der Waals surface area contributed by atoms with E-state index in [1.807, 2.05) is 6.92 Å². The summed E-state index contributed by atoms with van der Waals surface area (Å²) in [6.07, 6.45) is 3.44. The summed E-state index contributed by atoms with van der Waals surface area (Å²) < 4.78 is 5.25. The average Bonchev–Trinajstić information content (AvgIpc) is 2.75. The fourth-order valence-electron chi connectivity index (χ4n) is 1.89. The van der Waals surface area contributed by atoms with Crippen molar-refractivity contribution < 1.29 is 9.53 Å². The monoisotopic (exact) mass is 255 g/mol. The Morgan fingerprint density at radius 2 is 2.35 bits per heavy atom. The number of aryl methyl sites for hydroxylation is 1. The summed E-state index contributed by atoms with van der Waals surface area (Å²) in [5.74, 6) is 0.0658. The quantitative estimate of drug-likeness (QED) is 0.849. The van der Waals surface area contributed by atoms with Crippen molar-refractivity contribution in [3.8, 4) is 0 Å². The van der Waals surface area contributed by atoms with E-state index in [-0.39, 0.29) is 11.8 Å². The minimum absolute atomic E-state index is 0.147. The third-order valence-electron chi connectivity index (χ3n) is 2.93. The number of rotatable bonds is 3. The summed E-state index contributed by atoms with van der Waals surface area (Å²) in [6, 6.07) is -0.469. The minimum atomic E-state index is -0.469. The summed E-state index contributed by atoms with van der Waals surface area (Å²) in [7, 11) is 0. The first-order chi connectivity index (χ1) is 8.16. The number of aromatic nitrogens is 1. The van der Waals surface area contributed by atoms with E-state index in [4.69, 9.17) is 10.5 Å². The molecule has 2 rings (SSSR count). The van der Waals surface area contributed by atoms with Gasteiger partial charge in [0.1, 0.15) is 0 Å². The molecular weight excluding hydrogens is 238 g/mol. The van der Waals surface area contributed by atoms with Gasteiger partial charge >= 0.3 is 0 Å². The molecule has 1 aliphatic heterocycles. The molecule has 0 spiro atoms. The second kappa shape index (κ2) is 5.57. The number of thiazole rings is 1. The lowest BCUT2D eigenvalue weighted by Gasteiger charge is -2.26. The van der Waals surface area contributed by atoms with Crippen LogP contribution < -0.4 is 11.1 Å². The Kier molecular flexibility index (Phi) is 4.09. The van der Waals surface area contributed by atoms with Crippen LogP contribution in [0.2, 0.25) is 0 Å². The van der Waals surface area contributed by atoms with Crippen molar-refractivity contribution >= 4 is 22.4 Å². The molecule has 1 aromatic heterocycles. The SMILES string of the molecule is Cc1cnc(NC(=O)C(N)C2CCOCC2)s1. The molecule has 1 saturated heterocycles. The standard InChI is InChI=1S/C11H17N3O2S/c1-7-6-13-11(17-7)14-10(15)9(12)8-2-4-16-5-3-8/h6,8-9H,2-5,12H2,1H3,(H,13,14,15). The van der Waals surface area contributed by atoms with Crippen LogP contribution in [0.5, 0.6) is 0 Å². The largest absolute Gasteiger partial charge is 0.381 e. The molecule has 17 heavy (non-hydrogen) atoms. The second-order valence-corrected chi connectivity index (χ2v) is 5.48. The van der Waals surface area contributed by atoms with Crippen molar-refractivity contribution in [1.82, 2.24) is 4.98 Å². The van der Waals surface area contributed by atoms with Crippen LogP contribution in [0.25, 0.3) is 0 Å². The van der Waals surface area contributed by atoms with Crippen LogP contribution in [-0.2, 0) is 9.53 Å². The molecule has 2 heterocycles. The highest BCUT2D eigenvalue weighted by molar-refractivity contribution is 7.15. The summed E-state index contributed by atoms with van der Waals surface area (Å²) in [6.45, 7) is 3.34. The molecule has 1 aliphatic rings. The lowest BCUT2D eigenvalue weighted by molar-refractivity contribution is -0.119. The molecule has 6 heteroatoms. The fourth-order valence-corrected chi connectivity index (χ4v) is 2.56. The molecule has 1 fully saturated rings. The van der Waals surface area contributed by atoms with Gasteiger partial charge < -0.3 is 15.8 Å². The predicted octanol–water partition coefficient (Wildman–Crippen LogP) is 1.14. The number of amides is 1. The molecule has 1 unspecified atom stereocenters. The van der Waals surface area contributed by atoms with Crippen LogP contribution in [-0.4, -0.2) is 30.1 Å². The van der Waals surface area contributed by atoms with Crippen LogP contribution in [0.1, 0.15) is 17.7 Å². The third kappa shape index (κ3) is 3.24. The zero-order valence-corrected chi connectivity index (χ0v) is 10.6. The first-order valence-corrected chi connectivity index (χ1v) is 6.55. The predicted molar refractivity (Wildman–Crippen MR) is 67.0 cm³/mol. The van der Waals surface area contributed by atoms with Crippen molar-refractivity contribution in [3.05, 3.63) is 11.1 Å². The van der Waals surface area contributed by atoms with Crippen LogP contribution in [0.15, 0.2) is 6.20 Å². The van der Waals surface area contributed by atoms with Crippen LogP contribution in [0, 0.1) is 12.8 Å². The molecule has 3 N–H and O–H groups in total. The van der Waals surface area contributed by atoms with E-state index in [0.29, 0.717) is 18.3 Å². The number of ether oxygens (including phenoxy) is 1. The lowest BCUT2D eigenvalue weighted by Crippen LogP contribution is -2.43. The number of hydrogen-bond acceptors (Lipinski definition) is 5. The minimum Gasteiger partial charge on any atom is -0.381 e. The summed E-state index contributed by atoms with van der Waals surface area (Å²) in [5.41, 5.74) is 5.96. The zero-order chi connectivity index (χ0) is 12.3. The Morgan fingerprint density at radius 1 is 1.65 bits per heavy atom. The number of nitrogens with two attached hydrogens (primary N) is 1. The Labute approximate surface area is 104 Å². The van der Waals surface area contributed by atoms with E-state index in [9.17, 15) is 4.79 Å². The van der Waals surface area contributed by atoms with E-state index in [2.05, 4.69) is 10.3 Å². The highest BCUT2D eigenvalue weighted by Gasteiger charge is 2.26. The summed E-state index contributed by atoms with van der Waals surface area (Å²) >= 11 is 1.46. The van der Waals surface area contributed by atoms with Gasteiger partial charge in [-0.3, -0.25) is 4.79 Å². The molecule has 5 nitrogen and oxygen atoms in total. The van der Waals surface area contributed by atoms with Crippen molar-refractivity contribution in [2.75, 3.05) is 18.5 Å². The van der Waals surface area contributed by atoms with Gasteiger partial charge in [-0.2, -0.15) is 0 Å². The van der Waals surface area contributed by atoms with E-state index < -0.39 is 6.04 Å².